The maximum absolute atomic E-state index is 5.95. The number of hydrogen-bond donors (Lipinski definition) is 1. The number of nitrogens with zero attached hydrogens (tertiary/aromatic N) is 1. The van der Waals surface area contributed by atoms with Crippen LogP contribution in [0.25, 0.3) is 10.2 Å². The summed E-state index contributed by atoms with van der Waals surface area (Å²) in [6.07, 6.45) is 1.03. The molecule has 0 saturated carbocycles. The molecule has 18 heavy (non-hydrogen) atoms. The summed E-state index contributed by atoms with van der Waals surface area (Å²) < 4.78 is 1.16. The molecule has 0 radical (unpaired) electrons. The minimum atomic E-state index is 0.734. The highest BCUT2D eigenvalue weighted by Crippen LogP contribution is 2.27. The van der Waals surface area contributed by atoms with Crippen molar-refractivity contribution in [3.05, 3.63) is 45.6 Å². The van der Waals surface area contributed by atoms with Crippen molar-refractivity contribution < 1.29 is 0 Å². The van der Waals surface area contributed by atoms with Gasteiger partial charge in [-0.3, -0.25) is 0 Å². The van der Waals surface area contributed by atoms with Gasteiger partial charge in [0, 0.05) is 11.6 Å². The smallest absolute Gasteiger partial charge is 0.183 e. The quantitative estimate of drug-likeness (QED) is 0.756. The van der Waals surface area contributed by atoms with E-state index in [2.05, 4.69) is 27.1 Å². The van der Waals surface area contributed by atoms with Crippen LogP contribution in [0, 0.1) is 0 Å². The van der Waals surface area contributed by atoms with Gasteiger partial charge in [-0.15, -0.1) is 0 Å². The SMILES string of the molecule is Clc1ccc2sc(NCCc3ccsc3)nc2c1. The third-order valence-electron chi connectivity index (χ3n) is 2.62. The molecule has 0 bridgehead atoms. The Labute approximate surface area is 118 Å². The number of hydrogen-bond acceptors (Lipinski definition) is 4. The van der Waals surface area contributed by atoms with Crippen molar-refractivity contribution in [2.75, 3.05) is 11.9 Å². The molecule has 1 N–H and O–H groups in total. The highest BCUT2D eigenvalue weighted by molar-refractivity contribution is 7.22. The van der Waals surface area contributed by atoms with Gasteiger partial charge >= 0.3 is 0 Å². The van der Waals surface area contributed by atoms with Gasteiger partial charge in [-0.1, -0.05) is 22.9 Å². The predicted octanol–water partition coefficient (Wildman–Crippen LogP) is 4.67. The van der Waals surface area contributed by atoms with Gasteiger partial charge in [-0.05, 0) is 47.0 Å². The monoisotopic (exact) mass is 294 g/mol. The maximum atomic E-state index is 5.95. The second-order valence-corrected chi connectivity index (χ2v) is 6.19. The Kier molecular flexibility index (Phi) is 3.50. The van der Waals surface area contributed by atoms with E-state index >= 15 is 0 Å². The molecular weight excluding hydrogens is 284 g/mol. The molecule has 2 heterocycles. The Bertz CT molecular complexity index is 646. The first-order valence-corrected chi connectivity index (χ1v) is 7.76. The highest BCUT2D eigenvalue weighted by atomic mass is 35.5. The summed E-state index contributed by atoms with van der Waals surface area (Å²) in [7, 11) is 0. The van der Waals surface area contributed by atoms with Gasteiger partial charge in [-0.25, -0.2) is 4.98 Å². The van der Waals surface area contributed by atoms with E-state index in [1.807, 2.05) is 18.2 Å². The molecule has 0 aliphatic rings. The molecule has 0 saturated heterocycles. The van der Waals surface area contributed by atoms with Crippen LogP contribution < -0.4 is 5.32 Å². The molecule has 0 amide bonds. The van der Waals surface area contributed by atoms with Crippen molar-refractivity contribution >= 4 is 49.6 Å². The van der Waals surface area contributed by atoms with E-state index < -0.39 is 0 Å². The van der Waals surface area contributed by atoms with Gasteiger partial charge in [0.15, 0.2) is 5.13 Å². The maximum Gasteiger partial charge on any atom is 0.183 e. The van der Waals surface area contributed by atoms with Gasteiger partial charge < -0.3 is 5.32 Å². The fourth-order valence-electron chi connectivity index (χ4n) is 1.72. The van der Waals surface area contributed by atoms with Crippen LogP contribution in [0.3, 0.4) is 0 Å². The van der Waals surface area contributed by atoms with Crippen molar-refractivity contribution in [1.82, 2.24) is 4.98 Å². The van der Waals surface area contributed by atoms with Gasteiger partial charge in [0.2, 0.25) is 0 Å². The second kappa shape index (κ2) is 5.26. The first kappa shape index (κ1) is 12.0. The van der Waals surface area contributed by atoms with Gasteiger partial charge in [0.25, 0.3) is 0 Å². The molecule has 0 aliphatic carbocycles. The van der Waals surface area contributed by atoms with E-state index in [1.54, 1.807) is 22.7 Å². The molecule has 3 rings (SSSR count). The number of aromatic nitrogens is 1. The van der Waals surface area contributed by atoms with Gasteiger partial charge in [-0.2, -0.15) is 11.3 Å². The normalized spacial score (nSPS) is 10.9. The molecule has 3 aromatic rings. The van der Waals surface area contributed by atoms with E-state index in [1.165, 1.54) is 5.56 Å². The summed E-state index contributed by atoms with van der Waals surface area (Å²) >= 11 is 9.35. The van der Waals surface area contributed by atoms with E-state index in [0.717, 1.165) is 33.3 Å². The first-order chi connectivity index (χ1) is 8.81. The van der Waals surface area contributed by atoms with Crippen molar-refractivity contribution in [2.45, 2.75) is 6.42 Å². The molecule has 92 valence electrons. The van der Waals surface area contributed by atoms with E-state index in [9.17, 15) is 0 Å². The number of fused-ring (bicyclic) bond motifs is 1. The van der Waals surface area contributed by atoms with Crippen molar-refractivity contribution in [3.63, 3.8) is 0 Å². The highest BCUT2D eigenvalue weighted by Gasteiger charge is 2.03. The fourth-order valence-corrected chi connectivity index (χ4v) is 3.47. The molecule has 0 aliphatic heterocycles. The standard InChI is InChI=1S/C13H11ClN2S2/c14-10-1-2-12-11(7-10)16-13(18-12)15-5-3-9-4-6-17-8-9/h1-2,4,6-8H,3,5H2,(H,15,16). The van der Waals surface area contributed by atoms with Crippen LogP contribution in [0.15, 0.2) is 35.0 Å². The van der Waals surface area contributed by atoms with Crippen LogP contribution in [-0.2, 0) is 6.42 Å². The van der Waals surface area contributed by atoms with Gasteiger partial charge in [0.1, 0.15) is 0 Å². The van der Waals surface area contributed by atoms with Crippen LogP contribution >= 0.6 is 34.3 Å². The third-order valence-corrected chi connectivity index (χ3v) is 4.58. The van der Waals surface area contributed by atoms with E-state index in [4.69, 9.17) is 11.6 Å². The molecule has 1 aromatic carbocycles. The number of anilines is 1. The minimum Gasteiger partial charge on any atom is -0.361 e. The summed E-state index contributed by atoms with van der Waals surface area (Å²) in [4.78, 5) is 4.52. The molecule has 2 aromatic heterocycles. The van der Waals surface area contributed by atoms with Crippen LogP contribution in [0.2, 0.25) is 5.02 Å². The average molecular weight is 295 g/mol. The van der Waals surface area contributed by atoms with Crippen LogP contribution in [-0.4, -0.2) is 11.5 Å². The van der Waals surface area contributed by atoms with Crippen LogP contribution in [0.4, 0.5) is 5.13 Å². The summed E-state index contributed by atoms with van der Waals surface area (Å²) in [5.41, 5.74) is 2.34. The lowest BCUT2D eigenvalue weighted by Crippen LogP contribution is -2.03. The zero-order valence-electron chi connectivity index (χ0n) is 9.52. The number of thiophene rings is 1. The van der Waals surface area contributed by atoms with Crippen molar-refractivity contribution in [2.24, 2.45) is 0 Å². The predicted molar refractivity (Wildman–Crippen MR) is 81.1 cm³/mol. The molecule has 2 nitrogen and oxygen atoms in total. The van der Waals surface area contributed by atoms with Crippen molar-refractivity contribution in [3.8, 4) is 0 Å². The summed E-state index contributed by atoms with van der Waals surface area (Å²) in [6, 6.07) is 7.97. The Morgan fingerprint density at radius 2 is 2.22 bits per heavy atom. The Balaban J connectivity index is 1.67. The molecule has 0 unspecified atom stereocenters. The molecular formula is C13H11ClN2S2. The second-order valence-electron chi connectivity index (χ2n) is 3.94. The average Bonchev–Trinajstić information content (AvgIpc) is 2.97. The molecule has 0 spiro atoms. The minimum absolute atomic E-state index is 0.734. The van der Waals surface area contributed by atoms with Crippen LogP contribution in [0.1, 0.15) is 5.56 Å². The number of benzene rings is 1. The zero-order chi connectivity index (χ0) is 12.4. The Morgan fingerprint density at radius 3 is 3.06 bits per heavy atom. The Hall–Kier alpha value is -1.10. The number of nitrogens with one attached hydrogen (secondary N) is 1. The fraction of sp³-hybridized carbons (Fsp3) is 0.154. The third kappa shape index (κ3) is 2.66. The van der Waals surface area contributed by atoms with Gasteiger partial charge in [0.05, 0.1) is 10.2 Å². The van der Waals surface area contributed by atoms with Crippen molar-refractivity contribution in [1.29, 1.82) is 0 Å². The molecule has 0 atom stereocenters. The first-order valence-electron chi connectivity index (χ1n) is 5.62. The Morgan fingerprint density at radius 1 is 1.28 bits per heavy atom. The lowest BCUT2D eigenvalue weighted by Gasteiger charge is -1.99. The van der Waals surface area contributed by atoms with E-state index in [0.29, 0.717) is 0 Å². The summed E-state index contributed by atoms with van der Waals surface area (Å²) in [6.45, 7) is 0.907. The largest absolute Gasteiger partial charge is 0.361 e. The topological polar surface area (TPSA) is 24.9 Å². The summed E-state index contributed by atoms with van der Waals surface area (Å²) in [5, 5.41) is 9.34. The van der Waals surface area contributed by atoms with E-state index in [-0.39, 0.29) is 0 Å². The zero-order valence-corrected chi connectivity index (χ0v) is 11.9. The number of halogens is 1. The number of thiazole rings is 1. The lowest BCUT2D eigenvalue weighted by atomic mass is 10.2. The molecule has 0 fully saturated rings. The number of rotatable bonds is 4. The summed E-state index contributed by atoms with van der Waals surface area (Å²) in [5.74, 6) is 0. The molecule has 5 heteroatoms. The van der Waals surface area contributed by atoms with Crippen LogP contribution in [0.5, 0.6) is 0 Å². The lowest BCUT2D eigenvalue weighted by molar-refractivity contribution is 1.02.